The topological polar surface area (TPSA) is 75.7 Å². The van der Waals surface area contributed by atoms with Crippen LogP contribution in [0.25, 0.3) is 0 Å². The zero-order chi connectivity index (χ0) is 17.9. The second-order valence-corrected chi connectivity index (χ2v) is 7.48. The molecule has 0 spiro atoms. The molecule has 3 amide bonds. The van der Waals surface area contributed by atoms with Gasteiger partial charge in [0, 0.05) is 5.75 Å². The number of ether oxygens (including phenoxy) is 1. The van der Waals surface area contributed by atoms with Crippen LogP contribution in [0.1, 0.15) is 41.5 Å². The Morgan fingerprint density at radius 1 is 1.21 bits per heavy atom. The minimum Gasteiger partial charge on any atom is -0.444 e. The predicted octanol–water partition coefficient (Wildman–Crippen LogP) is 2.54. The second-order valence-electron chi connectivity index (χ2n) is 6.56. The van der Waals surface area contributed by atoms with Crippen molar-refractivity contribution >= 4 is 29.7 Å². The number of thioether (sulfide) groups is 1. The highest BCUT2D eigenvalue weighted by atomic mass is 32.2. The van der Waals surface area contributed by atoms with Crippen LogP contribution in [0.15, 0.2) is 24.3 Å². The first-order chi connectivity index (χ1) is 11.2. The Kier molecular flexibility index (Phi) is 5.54. The lowest BCUT2D eigenvalue weighted by atomic mass is 10.1. The minimum absolute atomic E-state index is 0.117. The summed E-state index contributed by atoms with van der Waals surface area (Å²) in [5, 5.41) is 2.74. The van der Waals surface area contributed by atoms with E-state index in [-0.39, 0.29) is 24.4 Å². The van der Waals surface area contributed by atoms with Gasteiger partial charge in [-0.3, -0.25) is 14.5 Å². The van der Waals surface area contributed by atoms with Crippen LogP contribution in [0.2, 0.25) is 0 Å². The summed E-state index contributed by atoms with van der Waals surface area (Å²) in [6.07, 6.45) is 1.34. The van der Waals surface area contributed by atoms with Gasteiger partial charge in [-0.1, -0.05) is 12.1 Å². The van der Waals surface area contributed by atoms with E-state index < -0.39 is 11.7 Å². The number of benzene rings is 1. The molecule has 1 atom stereocenters. The Hall–Kier alpha value is -2.02. The Morgan fingerprint density at radius 2 is 1.75 bits per heavy atom. The molecule has 6 nitrogen and oxygen atoms in total. The Labute approximate surface area is 145 Å². The summed E-state index contributed by atoms with van der Waals surface area (Å²) in [6, 6.07) is 6.36. The molecule has 0 aromatic heterocycles. The van der Waals surface area contributed by atoms with Gasteiger partial charge in [0.1, 0.15) is 5.60 Å². The van der Waals surface area contributed by atoms with E-state index in [2.05, 4.69) is 5.32 Å². The van der Waals surface area contributed by atoms with E-state index in [0.717, 1.165) is 0 Å². The van der Waals surface area contributed by atoms with Crippen molar-refractivity contribution in [3.8, 4) is 0 Å². The van der Waals surface area contributed by atoms with Gasteiger partial charge in [-0.2, -0.15) is 11.8 Å². The number of amides is 3. The first kappa shape index (κ1) is 18.3. The number of nitrogens with one attached hydrogen (secondary N) is 1. The van der Waals surface area contributed by atoms with Crippen molar-refractivity contribution in [2.75, 3.05) is 18.6 Å². The molecule has 0 fully saturated rings. The molecular weight excluding hydrogens is 328 g/mol. The number of rotatable bonds is 5. The van der Waals surface area contributed by atoms with E-state index in [4.69, 9.17) is 4.74 Å². The van der Waals surface area contributed by atoms with E-state index in [1.54, 1.807) is 45.0 Å². The summed E-state index contributed by atoms with van der Waals surface area (Å²) in [6.45, 7) is 5.45. The highest BCUT2D eigenvalue weighted by Crippen LogP contribution is 2.22. The number of imide groups is 1. The van der Waals surface area contributed by atoms with Gasteiger partial charge >= 0.3 is 6.09 Å². The summed E-state index contributed by atoms with van der Waals surface area (Å²) in [4.78, 5) is 38.0. The molecule has 1 aromatic rings. The molecule has 130 valence electrons. The third-order valence-corrected chi connectivity index (χ3v) is 4.11. The fraction of sp³-hybridized carbons (Fsp3) is 0.471. The maximum Gasteiger partial charge on any atom is 0.407 e. The van der Waals surface area contributed by atoms with Gasteiger partial charge in [-0.15, -0.1) is 0 Å². The average Bonchev–Trinajstić information content (AvgIpc) is 2.71. The Morgan fingerprint density at radius 3 is 2.21 bits per heavy atom. The van der Waals surface area contributed by atoms with Gasteiger partial charge < -0.3 is 10.1 Å². The summed E-state index contributed by atoms with van der Waals surface area (Å²) in [5.41, 5.74) is 0.203. The van der Waals surface area contributed by atoms with Crippen molar-refractivity contribution in [2.45, 2.75) is 32.4 Å². The van der Waals surface area contributed by atoms with Gasteiger partial charge in [0.2, 0.25) is 0 Å². The first-order valence-corrected chi connectivity index (χ1v) is 9.06. The van der Waals surface area contributed by atoms with E-state index in [0.29, 0.717) is 16.9 Å². The molecule has 1 N–H and O–H groups in total. The molecule has 1 aromatic carbocycles. The third-order valence-electron chi connectivity index (χ3n) is 3.37. The van der Waals surface area contributed by atoms with Crippen molar-refractivity contribution in [1.29, 1.82) is 0 Å². The molecule has 0 saturated carbocycles. The molecule has 0 aliphatic carbocycles. The number of alkyl carbamates (subject to hydrolysis) is 1. The minimum atomic E-state index is -0.608. The van der Waals surface area contributed by atoms with Crippen LogP contribution < -0.4 is 5.32 Å². The smallest absolute Gasteiger partial charge is 0.407 e. The van der Waals surface area contributed by atoms with Crippen LogP contribution in [-0.2, 0) is 4.74 Å². The predicted molar refractivity (Wildman–Crippen MR) is 93.3 cm³/mol. The van der Waals surface area contributed by atoms with Crippen LogP contribution >= 0.6 is 11.8 Å². The first-order valence-electron chi connectivity index (χ1n) is 7.66. The van der Waals surface area contributed by atoms with E-state index >= 15 is 0 Å². The van der Waals surface area contributed by atoms with E-state index in [9.17, 15) is 14.4 Å². The van der Waals surface area contributed by atoms with E-state index in [1.807, 2.05) is 6.26 Å². The quantitative estimate of drug-likeness (QED) is 0.826. The molecular formula is C17H22N2O4S. The lowest BCUT2D eigenvalue weighted by Crippen LogP contribution is -2.48. The van der Waals surface area contributed by atoms with Gasteiger partial charge in [0.25, 0.3) is 11.8 Å². The van der Waals surface area contributed by atoms with Crippen molar-refractivity contribution in [1.82, 2.24) is 10.2 Å². The van der Waals surface area contributed by atoms with Crippen molar-refractivity contribution in [3.63, 3.8) is 0 Å². The number of hydrogen-bond acceptors (Lipinski definition) is 5. The van der Waals surface area contributed by atoms with Crippen molar-refractivity contribution in [3.05, 3.63) is 35.4 Å². The van der Waals surface area contributed by atoms with Crippen LogP contribution in [-0.4, -0.2) is 53.0 Å². The Bertz CT molecular complexity index is 619. The summed E-state index contributed by atoms with van der Waals surface area (Å²) in [7, 11) is 0. The number of carbonyl (C=O) groups excluding carboxylic acids is 3. The standard InChI is InChI=1S/C17H22N2O4S/c1-17(2,3)23-16(22)18-11(10-24-4)9-19-14(20)12-7-5-6-8-13(12)15(19)21/h5-8,11H,9-10H2,1-4H3,(H,18,22)/t11-/m1/s1. The zero-order valence-electron chi connectivity index (χ0n) is 14.3. The second kappa shape index (κ2) is 7.25. The highest BCUT2D eigenvalue weighted by molar-refractivity contribution is 7.98. The maximum absolute atomic E-state index is 12.4. The van der Waals surface area contributed by atoms with Crippen LogP contribution in [0.5, 0.6) is 0 Å². The molecule has 0 radical (unpaired) electrons. The largest absolute Gasteiger partial charge is 0.444 e. The number of carbonyl (C=O) groups is 3. The molecule has 0 bridgehead atoms. The normalized spacial score (nSPS) is 15.2. The average molecular weight is 350 g/mol. The van der Waals surface area contributed by atoms with Gasteiger partial charge in [0.15, 0.2) is 0 Å². The number of fused-ring (bicyclic) bond motifs is 1. The fourth-order valence-corrected chi connectivity index (χ4v) is 3.03. The third kappa shape index (κ3) is 4.29. The maximum atomic E-state index is 12.4. The van der Waals surface area contributed by atoms with Crippen molar-refractivity contribution in [2.24, 2.45) is 0 Å². The monoisotopic (exact) mass is 350 g/mol. The van der Waals surface area contributed by atoms with Gasteiger partial charge in [-0.05, 0) is 39.2 Å². The summed E-state index contributed by atoms with van der Waals surface area (Å²) >= 11 is 1.52. The highest BCUT2D eigenvalue weighted by Gasteiger charge is 2.36. The number of nitrogens with zero attached hydrogens (tertiary/aromatic N) is 1. The lowest BCUT2D eigenvalue weighted by Gasteiger charge is -2.25. The van der Waals surface area contributed by atoms with E-state index in [1.165, 1.54) is 16.7 Å². The molecule has 24 heavy (non-hydrogen) atoms. The molecule has 7 heteroatoms. The lowest BCUT2D eigenvalue weighted by molar-refractivity contribution is 0.0476. The Balaban J connectivity index is 2.07. The zero-order valence-corrected chi connectivity index (χ0v) is 15.1. The SMILES string of the molecule is CSC[C@@H](CN1C(=O)c2ccccc2C1=O)NC(=O)OC(C)(C)C. The van der Waals surface area contributed by atoms with Crippen LogP contribution in [0, 0.1) is 0 Å². The van der Waals surface area contributed by atoms with Gasteiger partial charge in [0.05, 0.1) is 23.7 Å². The summed E-state index contributed by atoms with van der Waals surface area (Å²) in [5.74, 6) is -0.0903. The van der Waals surface area contributed by atoms with Crippen LogP contribution in [0.3, 0.4) is 0 Å². The van der Waals surface area contributed by atoms with Crippen molar-refractivity contribution < 1.29 is 19.1 Å². The molecule has 1 heterocycles. The summed E-state index contributed by atoms with van der Waals surface area (Å²) < 4.78 is 5.25. The molecule has 0 unspecified atom stereocenters. The molecule has 2 rings (SSSR count). The van der Waals surface area contributed by atoms with Crippen LogP contribution in [0.4, 0.5) is 4.79 Å². The molecule has 1 aliphatic heterocycles. The fourth-order valence-electron chi connectivity index (χ4n) is 2.44. The molecule has 1 aliphatic rings. The molecule has 0 saturated heterocycles. The van der Waals surface area contributed by atoms with Gasteiger partial charge in [-0.25, -0.2) is 4.79 Å². The number of hydrogen-bond donors (Lipinski definition) is 1.